The fourth-order valence-electron chi connectivity index (χ4n) is 7.82. The molecule has 0 aromatic heterocycles. The number of unbranched alkanes of at least 4 members (excludes halogenated alkanes) is 19. The number of aliphatic hydroxyl groups excluding tert-OH is 1. The summed E-state index contributed by atoms with van der Waals surface area (Å²) in [6.45, 7) is 8.54. The highest BCUT2D eigenvalue weighted by Gasteiger charge is 2.28. The molecule has 0 bridgehead atoms. The van der Waals surface area contributed by atoms with E-state index in [2.05, 4.69) is 35.2 Å². The van der Waals surface area contributed by atoms with E-state index in [0.29, 0.717) is 38.3 Å². The minimum absolute atomic E-state index is 0.0999. The quantitative estimate of drug-likeness (QED) is 0.0179. The van der Waals surface area contributed by atoms with Crippen molar-refractivity contribution in [3.63, 3.8) is 0 Å². The van der Waals surface area contributed by atoms with Crippen molar-refractivity contribution in [2.75, 3.05) is 13.1 Å². The Morgan fingerprint density at radius 1 is 0.656 bits per heavy atom. The summed E-state index contributed by atoms with van der Waals surface area (Å²) >= 11 is 0. The van der Waals surface area contributed by atoms with Crippen LogP contribution in [0.2, 0.25) is 0 Å². The van der Waals surface area contributed by atoms with Gasteiger partial charge in [0.1, 0.15) is 11.5 Å². The van der Waals surface area contributed by atoms with Crippen LogP contribution in [0.1, 0.15) is 219 Å². The molecule has 13 heteroatoms. The van der Waals surface area contributed by atoms with E-state index in [0.717, 1.165) is 83.5 Å². The molecule has 1 rings (SSSR count). The van der Waals surface area contributed by atoms with Crippen LogP contribution in [0, 0.1) is 11.8 Å². The third-order valence-corrected chi connectivity index (χ3v) is 11.6. The molecule has 1 aliphatic rings. The van der Waals surface area contributed by atoms with Crippen LogP contribution in [0.15, 0.2) is 12.3 Å². The first kappa shape index (κ1) is 59.6. The Morgan fingerprint density at radius 3 is 1.56 bits per heavy atom. The van der Waals surface area contributed by atoms with Crippen LogP contribution in [-0.4, -0.2) is 71.8 Å². The van der Waals surface area contributed by atoms with Gasteiger partial charge in [0.25, 0.3) is 6.47 Å². The molecular weight excluding hydrogens is 775 g/mol. The predicted molar refractivity (Wildman–Crippen MR) is 248 cm³/mol. The van der Waals surface area contributed by atoms with Crippen molar-refractivity contribution in [1.29, 1.82) is 0 Å². The minimum atomic E-state index is -0.655. The average Bonchev–Trinajstić information content (AvgIpc) is 3.22. The van der Waals surface area contributed by atoms with Gasteiger partial charge in [-0.2, -0.15) is 0 Å². The van der Waals surface area contributed by atoms with Gasteiger partial charge in [-0.1, -0.05) is 135 Å². The molecule has 0 aromatic rings. The predicted octanol–water partition coefficient (Wildman–Crippen LogP) is 9.24. The lowest BCUT2D eigenvalue weighted by Crippen LogP contribution is -2.42. The molecular formula is C48H91N5O8. The van der Waals surface area contributed by atoms with Crippen molar-refractivity contribution in [3.8, 4) is 0 Å². The van der Waals surface area contributed by atoms with Crippen LogP contribution in [-0.2, 0) is 28.8 Å². The third-order valence-electron chi connectivity index (χ3n) is 11.6. The highest BCUT2D eigenvalue weighted by molar-refractivity contribution is 5.80. The van der Waals surface area contributed by atoms with E-state index >= 15 is 0 Å². The maximum absolute atomic E-state index is 13.0. The van der Waals surface area contributed by atoms with Crippen molar-refractivity contribution in [3.05, 3.63) is 12.3 Å². The van der Waals surface area contributed by atoms with Gasteiger partial charge in [-0.05, 0) is 77.0 Å². The van der Waals surface area contributed by atoms with Gasteiger partial charge in [0, 0.05) is 44.3 Å². The first-order valence-corrected chi connectivity index (χ1v) is 24.1. The Kier molecular flexibility index (Phi) is 43.6. The van der Waals surface area contributed by atoms with Crippen LogP contribution < -0.4 is 27.4 Å². The van der Waals surface area contributed by atoms with Crippen LogP contribution in [0.4, 0.5) is 0 Å². The van der Waals surface area contributed by atoms with E-state index in [4.69, 9.17) is 20.4 Å². The van der Waals surface area contributed by atoms with Crippen LogP contribution >= 0.6 is 0 Å². The van der Waals surface area contributed by atoms with Gasteiger partial charge in [0.15, 0.2) is 0 Å². The van der Waals surface area contributed by atoms with Crippen molar-refractivity contribution in [2.24, 2.45) is 23.3 Å². The van der Waals surface area contributed by atoms with Crippen LogP contribution in [0.5, 0.6) is 0 Å². The summed E-state index contributed by atoms with van der Waals surface area (Å²) in [6, 6.07) is -0.504. The summed E-state index contributed by atoms with van der Waals surface area (Å²) in [6.07, 6.45) is 34.6. The molecule has 1 fully saturated rings. The maximum atomic E-state index is 13.0. The minimum Gasteiger partial charge on any atom is -0.511 e. The number of primary amides is 1. The van der Waals surface area contributed by atoms with Gasteiger partial charge < -0.3 is 42.4 Å². The molecule has 0 aromatic carbocycles. The molecule has 0 heterocycles. The molecule has 9 N–H and O–H groups in total. The second kappa shape index (κ2) is 44.6. The smallest absolute Gasteiger partial charge is 0.290 e. The summed E-state index contributed by atoms with van der Waals surface area (Å²) in [4.78, 5) is 65.9. The topological polar surface area (TPSA) is 231 Å². The lowest BCUT2D eigenvalue weighted by atomic mass is 9.81. The van der Waals surface area contributed by atoms with Crippen molar-refractivity contribution in [1.82, 2.24) is 16.0 Å². The number of hydrogen-bond acceptors (Lipinski definition) is 8. The van der Waals surface area contributed by atoms with Gasteiger partial charge in [-0.15, -0.1) is 0 Å². The van der Waals surface area contributed by atoms with Gasteiger partial charge in [-0.3, -0.25) is 24.0 Å². The molecule has 61 heavy (non-hydrogen) atoms. The second-order valence-corrected chi connectivity index (χ2v) is 17.2. The van der Waals surface area contributed by atoms with Crippen LogP contribution in [0.3, 0.4) is 0 Å². The normalized spacial score (nSPS) is 15.4. The number of aliphatic hydroxyl groups is 1. The van der Waals surface area contributed by atoms with E-state index in [-0.39, 0.29) is 60.5 Å². The van der Waals surface area contributed by atoms with E-state index in [1.54, 1.807) is 6.92 Å². The Balaban J connectivity index is 0. The number of carbonyl (C=O) groups excluding carboxylic acids is 5. The highest BCUT2D eigenvalue weighted by atomic mass is 16.3. The summed E-state index contributed by atoms with van der Waals surface area (Å²) in [5.74, 6) is 0.292. The molecule has 0 aliphatic heterocycles. The Morgan fingerprint density at radius 2 is 1.08 bits per heavy atom. The number of amides is 4. The summed E-state index contributed by atoms with van der Waals surface area (Å²) in [5, 5.41) is 26.0. The summed E-state index contributed by atoms with van der Waals surface area (Å²) < 4.78 is 0. The Labute approximate surface area is 370 Å². The fourth-order valence-corrected chi connectivity index (χ4v) is 7.82. The number of Topliss-reactive ketones (excluding diaryl/α,β-unsaturated/α-hetero) is 1. The molecule has 0 radical (unpaired) electrons. The molecule has 0 spiro atoms. The molecule has 1 unspecified atom stereocenters. The number of nitrogens with one attached hydrogen (secondary N) is 3. The number of hydrogen-bond donors (Lipinski definition) is 7. The monoisotopic (exact) mass is 866 g/mol. The van der Waals surface area contributed by atoms with Crippen molar-refractivity contribution >= 4 is 36.4 Å². The highest BCUT2D eigenvalue weighted by Crippen LogP contribution is 2.29. The first-order valence-electron chi connectivity index (χ1n) is 24.1. The summed E-state index contributed by atoms with van der Waals surface area (Å²) in [7, 11) is 0. The Hall–Kier alpha value is -3.48. The van der Waals surface area contributed by atoms with E-state index in [1.165, 1.54) is 96.3 Å². The molecule has 0 saturated heterocycles. The lowest BCUT2D eigenvalue weighted by Gasteiger charge is -2.29. The zero-order chi connectivity index (χ0) is 45.8. The van der Waals surface area contributed by atoms with Crippen molar-refractivity contribution < 1.29 is 39.0 Å². The fraction of sp³-hybridized carbons (Fsp3) is 0.833. The van der Waals surface area contributed by atoms with Crippen LogP contribution in [0.25, 0.3) is 0 Å². The zero-order valence-corrected chi connectivity index (χ0v) is 38.7. The third kappa shape index (κ3) is 41.6. The SMILES string of the molecule is C=C(O)[C@H](CCC(=O)NCCCCC(N)CCCCCC(C)=O)NC(=O)C1CCC(CNC(=O)CCCCCCCCCCCCCCCCCCC)CC1.NC=O.O=CO. The maximum Gasteiger partial charge on any atom is 0.290 e. The number of carboxylic acid groups (broad SMARTS) is 1. The average molecular weight is 866 g/mol. The standard InChI is InChI=1S/C46H86N4O5.CH3NO.CH2O2/c1-4-5-6-7-8-9-10-11-12-13-14-15-16-17-18-19-23-29-44(53)49-37-40-30-32-41(33-31-40)46(55)50-43(39(3)52)34-35-45(54)48-36-25-24-28-42(47)27-22-20-21-26-38(2)51;2*2-1-3/h40-43,52H,3-37,47H2,1-2H3,(H,48,54)(H,49,53)(H,50,55);1H,(H2,2,3);1H,(H,2,3)/t40?,41?,42?,43-;;/m0../s1. The van der Waals surface area contributed by atoms with Gasteiger partial charge in [-0.25, -0.2) is 0 Å². The molecule has 13 nitrogen and oxygen atoms in total. The van der Waals surface area contributed by atoms with E-state index in [9.17, 15) is 24.3 Å². The van der Waals surface area contributed by atoms with Crippen molar-refractivity contribution in [2.45, 2.75) is 231 Å². The number of ketones is 1. The largest absolute Gasteiger partial charge is 0.511 e. The molecule has 356 valence electrons. The molecule has 4 amide bonds. The van der Waals surface area contributed by atoms with Gasteiger partial charge in [0.2, 0.25) is 24.1 Å². The number of rotatable bonds is 37. The number of carbonyl (C=O) groups is 6. The molecule has 1 saturated carbocycles. The molecule has 2 atom stereocenters. The summed E-state index contributed by atoms with van der Waals surface area (Å²) in [5.41, 5.74) is 10.4. The zero-order valence-electron chi connectivity index (χ0n) is 38.7. The van der Waals surface area contributed by atoms with Gasteiger partial charge in [0.05, 0.1) is 6.04 Å². The van der Waals surface area contributed by atoms with Gasteiger partial charge >= 0.3 is 0 Å². The lowest BCUT2D eigenvalue weighted by molar-refractivity contribution is -0.128. The number of nitrogens with two attached hydrogens (primary N) is 2. The molecule has 1 aliphatic carbocycles. The second-order valence-electron chi connectivity index (χ2n) is 17.2. The van der Waals surface area contributed by atoms with E-state index in [1.807, 2.05) is 0 Å². The Bertz CT molecular complexity index is 1110. The first-order chi connectivity index (χ1) is 29.4. The van der Waals surface area contributed by atoms with E-state index < -0.39 is 6.04 Å².